The predicted octanol–water partition coefficient (Wildman–Crippen LogP) is 1.84. The monoisotopic (exact) mass is 289 g/mol. The van der Waals surface area contributed by atoms with Crippen LogP contribution in [0.4, 0.5) is 11.4 Å². The topological polar surface area (TPSA) is 53.6 Å². The maximum Gasteiger partial charge on any atom is 0.227 e. The molecule has 2 aliphatic rings. The summed E-state index contributed by atoms with van der Waals surface area (Å²) in [5.41, 5.74) is 1.89. The summed E-state index contributed by atoms with van der Waals surface area (Å²) in [6.45, 7) is 4.63. The van der Waals surface area contributed by atoms with E-state index in [4.69, 9.17) is 4.74 Å². The number of ether oxygens (including phenoxy) is 1. The van der Waals surface area contributed by atoms with E-state index in [0.29, 0.717) is 12.6 Å². The molecule has 0 bridgehead atoms. The minimum atomic E-state index is 0.103. The van der Waals surface area contributed by atoms with Crippen molar-refractivity contribution in [2.75, 3.05) is 37.0 Å². The quantitative estimate of drug-likeness (QED) is 0.872. The number of nitrogens with one attached hydrogen (secondary N) is 2. The zero-order chi connectivity index (χ0) is 14.8. The molecule has 5 nitrogen and oxygen atoms in total. The Bertz CT molecular complexity index is 532. The minimum Gasteiger partial charge on any atom is -0.490 e. The van der Waals surface area contributed by atoms with Crippen molar-refractivity contribution >= 4 is 17.3 Å². The highest BCUT2D eigenvalue weighted by atomic mass is 16.5. The number of amides is 1. The van der Waals surface area contributed by atoms with Gasteiger partial charge >= 0.3 is 0 Å². The first kappa shape index (κ1) is 14.2. The third kappa shape index (κ3) is 3.13. The van der Waals surface area contributed by atoms with Crippen molar-refractivity contribution in [2.24, 2.45) is 5.92 Å². The molecule has 1 fully saturated rings. The Kier molecular flexibility index (Phi) is 4.01. The number of rotatable bonds is 2. The number of anilines is 2. The molecule has 5 heteroatoms. The summed E-state index contributed by atoms with van der Waals surface area (Å²) >= 11 is 0. The van der Waals surface area contributed by atoms with Gasteiger partial charge in [-0.15, -0.1) is 0 Å². The van der Waals surface area contributed by atoms with Gasteiger partial charge in [-0.2, -0.15) is 0 Å². The van der Waals surface area contributed by atoms with Crippen molar-refractivity contribution in [3.8, 4) is 5.75 Å². The Morgan fingerprint density at radius 1 is 1.48 bits per heavy atom. The first-order valence-corrected chi connectivity index (χ1v) is 7.66. The van der Waals surface area contributed by atoms with E-state index in [9.17, 15) is 4.79 Å². The highest BCUT2D eigenvalue weighted by Gasteiger charge is 2.25. The number of benzene rings is 1. The van der Waals surface area contributed by atoms with Crippen LogP contribution in [0.5, 0.6) is 5.75 Å². The maximum absolute atomic E-state index is 12.4. The molecular formula is C16H23N3O2. The molecule has 0 aromatic heterocycles. The number of hydrogen-bond donors (Lipinski definition) is 2. The lowest BCUT2D eigenvalue weighted by molar-refractivity contribution is -0.120. The van der Waals surface area contributed by atoms with Crippen LogP contribution in [0, 0.1) is 5.92 Å². The van der Waals surface area contributed by atoms with Crippen LogP contribution >= 0.6 is 0 Å². The fraction of sp³-hybridized carbons (Fsp3) is 0.562. The largest absolute Gasteiger partial charge is 0.490 e. The number of fused-ring (bicyclic) bond motifs is 1. The lowest BCUT2D eigenvalue weighted by atomic mass is 9.92. The van der Waals surface area contributed by atoms with Crippen molar-refractivity contribution in [1.29, 1.82) is 0 Å². The molecule has 1 aromatic rings. The van der Waals surface area contributed by atoms with Crippen LogP contribution in [0.1, 0.15) is 19.8 Å². The van der Waals surface area contributed by atoms with E-state index in [0.717, 1.165) is 43.1 Å². The van der Waals surface area contributed by atoms with Crippen molar-refractivity contribution in [3.63, 3.8) is 0 Å². The molecule has 21 heavy (non-hydrogen) atoms. The molecule has 1 aromatic carbocycles. The smallest absolute Gasteiger partial charge is 0.227 e. The van der Waals surface area contributed by atoms with E-state index in [-0.39, 0.29) is 11.8 Å². The van der Waals surface area contributed by atoms with Crippen LogP contribution in [-0.4, -0.2) is 38.7 Å². The van der Waals surface area contributed by atoms with Gasteiger partial charge in [-0.1, -0.05) is 0 Å². The number of likely N-dealkylation sites (N-methyl/N-ethyl adjacent to an activating group) is 1. The van der Waals surface area contributed by atoms with Crippen LogP contribution in [0.15, 0.2) is 18.2 Å². The zero-order valence-electron chi connectivity index (χ0n) is 12.7. The number of piperidine rings is 1. The van der Waals surface area contributed by atoms with Crippen molar-refractivity contribution in [3.05, 3.63) is 18.2 Å². The average molecular weight is 289 g/mol. The molecule has 0 spiro atoms. The average Bonchev–Trinajstić information content (AvgIpc) is 2.48. The van der Waals surface area contributed by atoms with Crippen molar-refractivity contribution in [1.82, 2.24) is 5.32 Å². The van der Waals surface area contributed by atoms with Crippen molar-refractivity contribution < 1.29 is 9.53 Å². The number of hydrogen-bond acceptors (Lipinski definition) is 4. The van der Waals surface area contributed by atoms with Crippen molar-refractivity contribution in [2.45, 2.75) is 25.8 Å². The molecule has 0 unspecified atom stereocenters. The molecule has 2 N–H and O–H groups in total. The Labute approximate surface area is 125 Å². The van der Waals surface area contributed by atoms with Gasteiger partial charge in [-0.25, -0.2) is 0 Å². The Morgan fingerprint density at radius 2 is 2.33 bits per heavy atom. The van der Waals surface area contributed by atoms with E-state index in [1.54, 1.807) is 0 Å². The molecular weight excluding hydrogens is 266 g/mol. The maximum atomic E-state index is 12.4. The van der Waals surface area contributed by atoms with Gasteiger partial charge in [0.05, 0.1) is 12.2 Å². The molecule has 2 heterocycles. The fourth-order valence-corrected chi connectivity index (χ4v) is 3.04. The van der Waals surface area contributed by atoms with E-state index in [1.165, 1.54) is 0 Å². The van der Waals surface area contributed by atoms with Gasteiger partial charge in [-0.3, -0.25) is 4.79 Å². The van der Waals surface area contributed by atoms with E-state index >= 15 is 0 Å². The van der Waals surface area contributed by atoms with Gasteiger partial charge < -0.3 is 20.3 Å². The highest BCUT2D eigenvalue weighted by Crippen LogP contribution is 2.33. The molecule has 1 amide bonds. The Morgan fingerprint density at radius 3 is 3.14 bits per heavy atom. The summed E-state index contributed by atoms with van der Waals surface area (Å²) in [6, 6.07) is 6.26. The van der Waals surface area contributed by atoms with Crippen LogP contribution < -0.4 is 20.3 Å². The SMILES string of the molecule is C[C@H]1C[C@@H](C(=O)Nc2ccc3c(c2)N(C)CCO3)CCN1. The molecule has 2 atom stereocenters. The number of carbonyl (C=O) groups excluding carboxylic acids is 1. The second-order valence-corrected chi connectivity index (χ2v) is 6.02. The second kappa shape index (κ2) is 5.93. The van der Waals surface area contributed by atoms with E-state index in [1.807, 2.05) is 25.2 Å². The highest BCUT2D eigenvalue weighted by molar-refractivity contribution is 5.93. The zero-order valence-corrected chi connectivity index (χ0v) is 12.7. The van der Waals surface area contributed by atoms with E-state index < -0.39 is 0 Å². The molecule has 3 rings (SSSR count). The summed E-state index contributed by atoms with van der Waals surface area (Å²) in [5, 5.41) is 6.43. The molecule has 0 aliphatic carbocycles. The number of carbonyl (C=O) groups is 1. The van der Waals surface area contributed by atoms with Crippen LogP contribution in [0.25, 0.3) is 0 Å². The lowest BCUT2D eigenvalue weighted by Crippen LogP contribution is -2.40. The van der Waals surface area contributed by atoms with E-state index in [2.05, 4.69) is 22.5 Å². The van der Waals surface area contributed by atoms with Crippen LogP contribution in [-0.2, 0) is 4.79 Å². The van der Waals surface area contributed by atoms with Gasteiger partial charge in [-0.05, 0) is 44.5 Å². The Hall–Kier alpha value is -1.75. The fourth-order valence-electron chi connectivity index (χ4n) is 3.04. The molecule has 0 saturated carbocycles. The molecule has 2 aliphatic heterocycles. The predicted molar refractivity (Wildman–Crippen MR) is 84.0 cm³/mol. The second-order valence-electron chi connectivity index (χ2n) is 6.02. The Balaban J connectivity index is 1.70. The van der Waals surface area contributed by atoms with Gasteiger partial charge in [0.1, 0.15) is 12.4 Å². The first-order chi connectivity index (χ1) is 10.1. The summed E-state index contributed by atoms with van der Waals surface area (Å²) < 4.78 is 5.62. The van der Waals surface area contributed by atoms with Gasteiger partial charge in [0, 0.05) is 24.7 Å². The molecule has 114 valence electrons. The van der Waals surface area contributed by atoms with Crippen LogP contribution in [0.2, 0.25) is 0 Å². The minimum absolute atomic E-state index is 0.103. The molecule has 1 saturated heterocycles. The first-order valence-electron chi connectivity index (χ1n) is 7.66. The van der Waals surface area contributed by atoms with Gasteiger partial charge in [0.25, 0.3) is 0 Å². The third-order valence-electron chi connectivity index (χ3n) is 4.32. The van der Waals surface area contributed by atoms with Crippen LogP contribution in [0.3, 0.4) is 0 Å². The summed E-state index contributed by atoms with van der Waals surface area (Å²) in [7, 11) is 2.04. The third-order valence-corrected chi connectivity index (χ3v) is 4.32. The number of nitrogens with zero attached hydrogens (tertiary/aromatic N) is 1. The lowest BCUT2D eigenvalue weighted by Gasteiger charge is -2.29. The normalized spacial score (nSPS) is 25.0. The van der Waals surface area contributed by atoms with Gasteiger partial charge in [0.15, 0.2) is 0 Å². The summed E-state index contributed by atoms with van der Waals surface area (Å²) in [4.78, 5) is 14.5. The summed E-state index contributed by atoms with van der Waals surface area (Å²) in [6.07, 6.45) is 1.81. The molecule has 0 radical (unpaired) electrons. The van der Waals surface area contributed by atoms with Gasteiger partial charge in [0.2, 0.25) is 5.91 Å². The standard InChI is InChI=1S/C16H23N3O2/c1-11-9-12(5-6-17-11)16(20)18-13-3-4-15-14(10-13)19(2)7-8-21-15/h3-4,10-12,17H,5-9H2,1-2H3,(H,18,20)/t11-,12-/m0/s1. The summed E-state index contributed by atoms with van der Waals surface area (Å²) in [5.74, 6) is 1.12.